The molecule has 3 aliphatic rings. The van der Waals surface area contributed by atoms with E-state index in [4.69, 9.17) is 9.47 Å². The van der Waals surface area contributed by atoms with Crippen LogP contribution in [0.1, 0.15) is 108 Å². The first kappa shape index (κ1) is 46.5. The molecule has 1 saturated carbocycles. The standard InChI is InChI=1S/C48H60FN7O7/c1-47(2,3)62-45(60)50-28-31-12-16-33(17-13-31)40(57)27-35(43(58)53-36-20-18-34(19-21-36)42-51-29-52-55-42)26-30-10-14-32(15-11-30)38-8-7-9-39(41(38)49)44(59)54-37-22-24-56(25-23-37)46(61)63-48(4,5)6/h7-11,14-15,18-21,31,33,35,37H,12-13,16-17,22-29H2,1-6H3,(H,50,60)(H,53,58)(H,54,59)/t31?,33?,35-/m1/s1. The molecule has 0 radical (unpaired) electrons. The van der Waals surface area contributed by atoms with Crippen LogP contribution >= 0.6 is 0 Å². The summed E-state index contributed by atoms with van der Waals surface area (Å²) in [4.78, 5) is 71.7. The predicted octanol–water partition coefficient (Wildman–Crippen LogP) is 8.88. The van der Waals surface area contributed by atoms with Crippen LogP contribution in [-0.4, -0.2) is 84.1 Å². The third-order valence-corrected chi connectivity index (χ3v) is 11.4. The van der Waals surface area contributed by atoms with E-state index in [2.05, 4.69) is 31.2 Å². The number of benzene rings is 3. The van der Waals surface area contributed by atoms with Crippen molar-refractivity contribution in [3.8, 4) is 11.1 Å². The van der Waals surface area contributed by atoms with Crippen LogP contribution in [0.25, 0.3) is 11.1 Å². The number of hydrogen-bond acceptors (Lipinski definition) is 10. The maximum absolute atomic E-state index is 16.0. The minimum atomic E-state index is -0.692. The number of azo groups is 1. The van der Waals surface area contributed by atoms with Crippen molar-refractivity contribution in [3.05, 3.63) is 89.2 Å². The van der Waals surface area contributed by atoms with Gasteiger partial charge < -0.3 is 30.3 Å². The molecule has 63 heavy (non-hydrogen) atoms. The summed E-state index contributed by atoms with van der Waals surface area (Å²) in [5.41, 5.74) is 1.66. The number of carbonyl (C=O) groups is 5. The number of rotatable bonds is 13. The van der Waals surface area contributed by atoms with E-state index >= 15 is 4.39 Å². The Morgan fingerprint density at radius 1 is 0.810 bits per heavy atom. The van der Waals surface area contributed by atoms with Gasteiger partial charge in [0.1, 0.15) is 22.8 Å². The average Bonchev–Trinajstić information content (AvgIpc) is 3.78. The van der Waals surface area contributed by atoms with E-state index in [0.717, 1.165) is 24.0 Å². The largest absolute Gasteiger partial charge is 0.444 e. The molecule has 3 N–H and O–H groups in total. The van der Waals surface area contributed by atoms with Crippen molar-refractivity contribution in [1.29, 1.82) is 0 Å². The summed E-state index contributed by atoms with van der Waals surface area (Å²) >= 11 is 0. The molecule has 4 amide bonds. The number of likely N-dealkylation sites (tertiary alicyclic amines) is 1. The topological polar surface area (TPSA) is 180 Å². The Balaban J connectivity index is 1.09. The van der Waals surface area contributed by atoms with Gasteiger partial charge in [-0.15, -0.1) is 5.11 Å². The fourth-order valence-electron chi connectivity index (χ4n) is 8.05. The SMILES string of the molecule is CC(C)(C)OC(=O)NCC1CCC(C(=O)C[C@@H](Cc2ccc(-c3cccc(C(=O)NC4CCN(C(=O)OC(C)(C)C)CC4)c3F)cc2)C(=O)Nc2ccc(C3=NCN=N3)cc2)CC1. The number of amidine groups is 1. The van der Waals surface area contributed by atoms with Crippen LogP contribution in [0.2, 0.25) is 0 Å². The van der Waals surface area contributed by atoms with E-state index in [-0.39, 0.29) is 60.2 Å². The van der Waals surface area contributed by atoms with Gasteiger partial charge in [-0.05, 0) is 134 Å². The number of ether oxygens (including phenoxy) is 2. The van der Waals surface area contributed by atoms with Crippen molar-refractivity contribution < 1.29 is 37.8 Å². The van der Waals surface area contributed by atoms with Gasteiger partial charge in [0.15, 0.2) is 12.5 Å². The van der Waals surface area contributed by atoms with Crippen molar-refractivity contribution in [2.75, 3.05) is 31.6 Å². The molecular formula is C48H60FN7O7. The number of nitrogens with zero attached hydrogens (tertiary/aromatic N) is 4. The Hall–Kier alpha value is -5.99. The number of hydrogen-bond donors (Lipinski definition) is 3. The van der Waals surface area contributed by atoms with Gasteiger partial charge in [-0.1, -0.05) is 36.4 Å². The molecule has 1 saturated heterocycles. The lowest BCUT2D eigenvalue weighted by Gasteiger charge is -2.33. The third kappa shape index (κ3) is 13.5. The molecular weight excluding hydrogens is 806 g/mol. The fourth-order valence-corrected chi connectivity index (χ4v) is 8.05. The van der Waals surface area contributed by atoms with Crippen LogP contribution < -0.4 is 16.0 Å². The molecule has 0 spiro atoms. The molecule has 3 aromatic rings. The van der Waals surface area contributed by atoms with Crippen molar-refractivity contribution in [2.45, 2.75) is 110 Å². The summed E-state index contributed by atoms with van der Waals surface area (Å²) in [7, 11) is 0. The van der Waals surface area contributed by atoms with Gasteiger partial charge in [-0.2, -0.15) is 5.11 Å². The number of halogens is 1. The zero-order valence-electron chi connectivity index (χ0n) is 37.2. The maximum atomic E-state index is 16.0. The Morgan fingerprint density at radius 3 is 2.08 bits per heavy atom. The van der Waals surface area contributed by atoms with Gasteiger partial charge in [0.25, 0.3) is 5.91 Å². The number of Topliss-reactive ketones (excluding diaryl/α,β-unsaturated/α-hetero) is 1. The van der Waals surface area contributed by atoms with E-state index in [9.17, 15) is 24.0 Å². The van der Waals surface area contributed by atoms with Gasteiger partial charge in [0.05, 0.1) is 5.56 Å². The lowest BCUT2D eigenvalue weighted by Crippen LogP contribution is -2.47. The molecule has 3 aromatic carbocycles. The van der Waals surface area contributed by atoms with Gasteiger partial charge >= 0.3 is 12.2 Å². The molecule has 0 aromatic heterocycles. The fraction of sp³-hybridized carbons (Fsp3) is 0.500. The summed E-state index contributed by atoms with van der Waals surface area (Å²) in [5, 5.41) is 16.7. The lowest BCUT2D eigenvalue weighted by molar-refractivity contribution is -0.129. The monoisotopic (exact) mass is 865 g/mol. The van der Waals surface area contributed by atoms with Crippen molar-refractivity contribution >= 4 is 41.3 Å². The smallest absolute Gasteiger partial charge is 0.410 e. The van der Waals surface area contributed by atoms with E-state index in [0.29, 0.717) is 62.4 Å². The van der Waals surface area contributed by atoms with Crippen molar-refractivity contribution in [2.24, 2.45) is 33.0 Å². The molecule has 2 aliphatic heterocycles. The van der Waals surface area contributed by atoms with Crippen LogP contribution in [0.15, 0.2) is 82.0 Å². The number of anilines is 1. The minimum absolute atomic E-state index is 0.0241. The zero-order valence-corrected chi connectivity index (χ0v) is 37.2. The highest BCUT2D eigenvalue weighted by Crippen LogP contribution is 2.32. The van der Waals surface area contributed by atoms with Crippen LogP contribution in [0.5, 0.6) is 0 Å². The first-order chi connectivity index (χ1) is 29.9. The Kier molecular flexibility index (Phi) is 15.1. The van der Waals surface area contributed by atoms with Gasteiger partial charge in [0, 0.05) is 60.7 Å². The van der Waals surface area contributed by atoms with Gasteiger partial charge in [-0.3, -0.25) is 14.4 Å². The molecule has 336 valence electrons. The highest BCUT2D eigenvalue weighted by molar-refractivity contribution is 6.01. The Labute approximate surface area is 368 Å². The molecule has 0 unspecified atom stereocenters. The molecule has 0 bridgehead atoms. The number of piperidine rings is 1. The molecule has 2 fully saturated rings. The minimum Gasteiger partial charge on any atom is -0.444 e. The van der Waals surface area contributed by atoms with Crippen LogP contribution in [0.4, 0.5) is 19.7 Å². The van der Waals surface area contributed by atoms with Crippen molar-refractivity contribution in [1.82, 2.24) is 15.5 Å². The van der Waals surface area contributed by atoms with Crippen molar-refractivity contribution in [3.63, 3.8) is 0 Å². The summed E-state index contributed by atoms with van der Waals surface area (Å²) in [5.74, 6) is -1.58. The average molecular weight is 866 g/mol. The summed E-state index contributed by atoms with van der Waals surface area (Å²) in [6.07, 6.45) is 3.38. The third-order valence-electron chi connectivity index (χ3n) is 11.4. The van der Waals surface area contributed by atoms with Gasteiger partial charge in [0.2, 0.25) is 5.91 Å². The number of alkyl carbamates (subject to hydrolysis) is 1. The summed E-state index contributed by atoms with van der Waals surface area (Å²) < 4.78 is 26.9. The normalized spacial score (nSPS) is 18.5. The zero-order chi connectivity index (χ0) is 45.3. The molecule has 1 atom stereocenters. The first-order valence-corrected chi connectivity index (χ1v) is 21.9. The molecule has 1 aliphatic carbocycles. The highest BCUT2D eigenvalue weighted by Gasteiger charge is 2.32. The van der Waals surface area contributed by atoms with E-state index in [1.165, 1.54) is 6.07 Å². The summed E-state index contributed by atoms with van der Waals surface area (Å²) in [6.45, 7) is 12.5. The predicted molar refractivity (Wildman–Crippen MR) is 238 cm³/mol. The maximum Gasteiger partial charge on any atom is 0.410 e. The van der Waals surface area contributed by atoms with Crippen LogP contribution in [0, 0.1) is 23.6 Å². The molecule has 15 heteroatoms. The Bertz CT molecular complexity index is 2180. The van der Waals surface area contributed by atoms with Crippen LogP contribution in [0.3, 0.4) is 0 Å². The van der Waals surface area contributed by atoms with E-state index in [1.54, 1.807) is 41.3 Å². The molecule has 2 heterocycles. The quantitative estimate of drug-likeness (QED) is 0.153. The second kappa shape index (κ2) is 20.5. The number of nitrogens with one attached hydrogen (secondary N) is 3. The van der Waals surface area contributed by atoms with E-state index in [1.807, 2.05) is 65.8 Å². The number of carbonyl (C=O) groups excluding carboxylic acids is 5. The van der Waals surface area contributed by atoms with Crippen LogP contribution in [-0.2, 0) is 25.5 Å². The lowest BCUT2D eigenvalue weighted by atomic mass is 9.77. The number of amides is 4. The van der Waals surface area contributed by atoms with Gasteiger partial charge in [-0.25, -0.2) is 19.0 Å². The highest BCUT2D eigenvalue weighted by atomic mass is 19.1. The molecule has 6 rings (SSSR count). The number of ketones is 1. The molecule has 14 nitrogen and oxygen atoms in total. The summed E-state index contributed by atoms with van der Waals surface area (Å²) in [6, 6.07) is 18.8. The first-order valence-electron chi connectivity index (χ1n) is 21.9. The second-order valence-electron chi connectivity index (χ2n) is 18.7. The number of aliphatic imine (C=N–C) groups is 1. The second-order valence-corrected chi connectivity index (χ2v) is 18.7. The van der Waals surface area contributed by atoms with E-state index < -0.39 is 41.0 Å². The Morgan fingerprint density at radius 2 is 1.46 bits per heavy atom.